The molecule has 0 aliphatic heterocycles. The summed E-state index contributed by atoms with van der Waals surface area (Å²) < 4.78 is 11.4. The molecule has 176 valence electrons. The summed E-state index contributed by atoms with van der Waals surface area (Å²) in [6.07, 6.45) is 8.40. The van der Waals surface area contributed by atoms with E-state index in [-0.39, 0.29) is 11.9 Å². The molecule has 0 spiro atoms. The summed E-state index contributed by atoms with van der Waals surface area (Å²) in [5.41, 5.74) is 0.925. The van der Waals surface area contributed by atoms with Crippen LogP contribution in [0, 0.1) is 17.8 Å². The monoisotopic (exact) mass is 432 g/mol. The van der Waals surface area contributed by atoms with Crippen LogP contribution in [0.1, 0.15) is 105 Å². The number of hydrogen-bond acceptors (Lipinski definition) is 4. The second kappa shape index (κ2) is 15.0. The Hall–Kier alpha value is -1.84. The van der Waals surface area contributed by atoms with Crippen LogP contribution in [0.5, 0.6) is 11.5 Å². The van der Waals surface area contributed by atoms with E-state index in [1.165, 1.54) is 0 Å². The van der Waals surface area contributed by atoms with Crippen molar-refractivity contribution < 1.29 is 19.1 Å². The summed E-state index contributed by atoms with van der Waals surface area (Å²) in [6, 6.07) is 5.56. The zero-order valence-corrected chi connectivity index (χ0v) is 20.7. The Morgan fingerprint density at radius 3 is 1.74 bits per heavy atom. The van der Waals surface area contributed by atoms with Crippen LogP contribution >= 0.6 is 0 Å². The maximum atomic E-state index is 12.5. The maximum absolute atomic E-state index is 12.5. The average molecular weight is 433 g/mol. The highest BCUT2D eigenvalue weighted by atomic mass is 16.6. The molecule has 4 heteroatoms. The molecule has 0 saturated carbocycles. The summed E-state index contributed by atoms with van der Waals surface area (Å²) >= 11 is 0. The lowest BCUT2D eigenvalue weighted by atomic mass is 10.0. The fraction of sp³-hybridized carbons (Fsp3) is 0.704. The number of unbranched alkanes of at least 4 members (excludes halogenated alkanes) is 2. The Labute approximate surface area is 190 Å². The van der Waals surface area contributed by atoms with Crippen LogP contribution in [-0.4, -0.2) is 11.9 Å². The largest absolute Gasteiger partial charge is 0.423 e. The predicted molar refractivity (Wildman–Crippen MR) is 127 cm³/mol. The third-order valence-electron chi connectivity index (χ3n) is 5.32. The van der Waals surface area contributed by atoms with Gasteiger partial charge in [0.15, 0.2) is 11.5 Å². The third kappa shape index (κ3) is 12.6. The van der Waals surface area contributed by atoms with Gasteiger partial charge in [0, 0.05) is 12.8 Å². The minimum absolute atomic E-state index is 0.255. The lowest BCUT2D eigenvalue weighted by Gasteiger charge is -2.15. The summed E-state index contributed by atoms with van der Waals surface area (Å²) in [5, 5.41) is 0. The second-order valence-electron chi connectivity index (χ2n) is 9.90. The minimum Gasteiger partial charge on any atom is -0.423 e. The van der Waals surface area contributed by atoms with Crippen LogP contribution in [0.25, 0.3) is 0 Å². The van der Waals surface area contributed by atoms with E-state index in [4.69, 9.17) is 9.47 Å². The van der Waals surface area contributed by atoms with Crippen molar-refractivity contribution >= 4 is 11.9 Å². The first-order valence-electron chi connectivity index (χ1n) is 12.2. The van der Waals surface area contributed by atoms with Crippen LogP contribution in [-0.2, 0) is 16.0 Å². The molecule has 0 heterocycles. The number of esters is 2. The molecular formula is C27H44O4. The Kier molecular flexibility index (Phi) is 13.2. The smallest absolute Gasteiger partial charge is 0.311 e. The molecule has 4 nitrogen and oxygen atoms in total. The molecule has 31 heavy (non-hydrogen) atoms. The molecule has 0 saturated heterocycles. The topological polar surface area (TPSA) is 52.6 Å². The summed E-state index contributed by atoms with van der Waals surface area (Å²) in [5.74, 6) is 2.08. The van der Waals surface area contributed by atoms with Gasteiger partial charge in [0.25, 0.3) is 0 Å². The van der Waals surface area contributed by atoms with Crippen molar-refractivity contribution in [1.29, 1.82) is 0 Å². The van der Waals surface area contributed by atoms with Gasteiger partial charge in [-0.25, -0.2) is 0 Å². The zero-order chi connectivity index (χ0) is 23.2. The molecule has 0 amide bonds. The van der Waals surface area contributed by atoms with Gasteiger partial charge in [-0.2, -0.15) is 0 Å². The minimum atomic E-state index is -0.265. The molecule has 0 N–H and O–H groups in total. The summed E-state index contributed by atoms with van der Waals surface area (Å²) in [4.78, 5) is 24.9. The zero-order valence-electron chi connectivity index (χ0n) is 20.7. The van der Waals surface area contributed by atoms with Crippen LogP contribution < -0.4 is 9.47 Å². The molecular weight excluding hydrogens is 388 g/mol. The summed E-state index contributed by atoms with van der Waals surface area (Å²) in [7, 11) is 0. The van der Waals surface area contributed by atoms with Crippen molar-refractivity contribution in [3.8, 4) is 11.5 Å². The first-order chi connectivity index (χ1) is 14.7. The number of para-hydroxylation sites is 1. The van der Waals surface area contributed by atoms with Crippen molar-refractivity contribution in [2.75, 3.05) is 0 Å². The molecule has 0 aromatic heterocycles. The van der Waals surface area contributed by atoms with Gasteiger partial charge >= 0.3 is 11.9 Å². The van der Waals surface area contributed by atoms with E-state index in [2.05, 4.69) is 41.5 Å². The van der Waals surface area contributed by atoms with Crippen molar-refractivity contribution in [3.05, 3.63) is 23.8 Å². The Morgan fingerprint density at radius 1 is 0.710 bits per heavy atom. The van der Waals surface area contributed by atoms with Gasteiger partial charge in [0.05, 0.1) is 0 Å². The van der Waals surface area contributed by atoms with Gasteiger partial charge in [-0.15, -0.1) is 0 Å². The molecule has 0 bridgehead atoms. The number of aryl methyl sites for hydroxylation is 1. The van der Waals surface area contributed by atoms with E-state index in [9.17, 15) is 9.59 Å². The molecule has 0 atom stereocenters. The second-order valence-corrected chi connectivity index (χ2v) is 9.90. The fourth-order valence-corrected chi connectivity index (χ4v) is 3.38. The van der Waals surface area contributed by atoms with E-state index < -0.39 is 0 Å². The highest BCUT2D eigenvalue weighted by Crippen LogP contribution is 2.34. The molecule has 0 fully saturated rings. The number of hydrogen-bond donors (Lipinski definition) is 0. The van der Waals surface area contributed by atoms with E-state index in [1.807, 2.05) is 12.1 Å². The molecule has 0 aliphatic rings. The van der Waals surface area contributed by atoms with Gasteiger partial charge < -0.3 is 9.47 Å². The van der Waals surface area contributed by atoms with Crippen molar-refractivity contribution in [2.45, 2.75) is 106 Å². The molecule has 0 aliphatic carbocycles. The van der Waals surface area contributed by atoms with E-state index in [0.717, 1.165) is 56.9 Å². The molecule has 1 aromatic carbocycles. The number of benzene rings is 1. The van der Waals surface area contributed by atoms with E-state index in [1.54, 1.807) is 6.07 Å². The van der Waals surface area contributed by atoms with Crippen LogP contribution in [0.15, 0.2) is 18.2 Å². The van der Waals surface area contributed by atoms with Crippen LogP contribution in [0.2, 0.25) is 0 Å². The van der Waals surface area contributed by atoms with Gasteiger partial charge in [0.1, 0.15) is 0 Å². The van der Waals surface area contributed by atoms with Crippen LogP contribution in [0.3, 0.4) is 0 Å². The summed E-state index contributed by atoms with van der Waals surface area (Å²) in [6.45, 7) is 13.1. The first-order valence-corrected chi connectivity index (χ1v) is 12.2. The lowest BCUT2D eigenvalue weighted by Crippen LogP contribution is -2.13. The molecule has 0 radical (unpaired) electrons. The molecule has 1 aromatic rings. The third-order valence-corrected chi connectivity index (χ3v) is 5.32. The van der Waals surface area contributed by atoms with Crippen molar-refractivity contribution in [1.82, 2.24) is 0 Å². The number of rotatable bonds is 15. The number of carbonyl (C=O) groups excluding carboxylic acids is 2. The highest BCUT2D eigenvalue weighted by molar-refractivity contribution is 5.76. The van der Waals surface area contributed by atoms with Crippen molar-refractivity contribution in [3.63, 3.8) is 0 Å². The standard InChI is InChI=1S/C27H44O4/c1-20(2)12-7-9-16-25(28)30-24-15-11-14-23(19-18-22(5)6)27(24)31-26(29)17-10-8-13-21(3)4/h11,14-15,20-22H,7-10,12-13,16-19H2,1-6H3. The van der Waals surface area contributed by atoms with Gasteiger partial charge in [-0.3, -0.25) is 9.59 Å². The van der Waals surface area contributed by atoms with Crippen molar-refractivity contribution in [2.24, 2.45) is 17.8 Å². The van der Waals surface area contributed by atoms with E-state index >= 15 is 0 Å². The predicted octanol–water partition coefficient (Wildman–Crippen LogP) is 7.52. The Bertz CT molecular complexity index is 661. The lowest BCUT2D eigenvalue weighted by molar-refractivity contribution is -0.137. The SMILES string of the molecule is CC(C)CCCCC(=O)Oc1cccc(CCC(C)C)c1OC(=O)CCCCC(C)C. The van der Waals surface area contributed by atoms with Gasteiger partial charge in [-0.05, 0) is 55.1 Å². The van der Waals surface area contributed by atoms with Gasteiger partial charge in [0.2, 0.25) is 0 Å². The Morgan fingerprint density at radius 2 is 1.23 bits per heavy atom. The number of carbonyl (C=O) groups is 2. The average Bonchev–Trinajstić information content (AvgIpc) is 2.68. The van der Waals surface area contributed by atoms with Gasteiger partial charge in [-0.1, -0.05) is 79.4 Å². The quantitative estimate of drug-likeness (QED) is 0.163. The maximum Gasteiger partial charge on any atom is 0.311 e. The number of ether oxygens (including phenoxy) is 2. The highest BCUT2D eigenvalue weighted by Gasteiger charge is 2.18. The normalized spacial score (nSPS) is 11.4. The van der Waals surface area contributed by atoms with Crippen LogP contribution in [0.4, 0.5) is 0 Å². The van der Waals surface area contributed by atoms with E-state index in [0.29, 0.717) is 42.1 Å². The Balaban J connectivity index is 2.80. The first kappa shape index (κ1) is 27.2. The molecule has 1 rings (SSSR count). The fourth-order valence-electron chi connectivity index (χ4n) is 3.38. The molecule has 0 unspecified atom stereocenters.